The second kappa shape index (κ2) is 9.27. The molecule has 0 heterocycles. The zero-order valence-corrected chi connectivity index (χ0v) is 14.9. The molecule has 0 saturated heterocycles. The number of nitrogens with one attached hydrogen (secondary N) is 1. The van der Waals surface area contributed by atoms with E-state index in [2.05, 4.69) is 5.32 Å². The van der Waals surface area contributed by atoms with Crippen LogP contribution in [-0.4, -0.2) is 32.6 Å². The summed E-state index contributed by atoms with van der Waals surface area (Å²) in [5.74, 6) is 0.516. The fourth-order valence-corrected chi connectivity index (χ4v) is 2.22. The molecule has 0 spiro atoms. The lowest BCUT2D eigenvalue weighted by atomic mass is 10.1. The first-order valence-electron chi connectivity index (χ1n) is 8.05. The molecule has 0 bridgehead atoms. The maximum atomic E-state index is 12.2. The number of benzene rings is 2. The van der Waals surface area contributed by atoms with Crippen molar-refractivity contribution in [3.05, 3.63) is 65.9 Å². The van der Waals surface area contributed by atoms with Gasteiger partial charge in [0.15, 0.2) is 17.3 Å². The van der Waals surface area contributed by atoms with Gasteiger partial charge in [-0.1, -0.05) is 0 Å². The van der Waals surface area contributed by atoms with Crippen molar-refractivity contribution in [2.45, 2.75) is 6.92 Å². The van der Waals surface area contributed by atoms with E-state index in [4.69, 9.17) is 14.2 Å². The summed E-state index contributed by atoms with van der Waals surface area (Å²) < 4.78 is 15.3. The molecule has 1 N–H and O–H groups in total. The fourth-order valence-electron chi connectivity index (χ4n) is 2.22. The number of carbonyl (C=O) groups excluding carboxylic acids is 2. The normalized spacial score (nSPS) is 10.4. The van der Waals surface area contributed by atoms with Gasteiger partial charge in [0.25, 0.3) is 0 Å². The van der Waals surface area contributed by atoms with Gasteiger partial charge in [-0.05, 0) is 49.4 Å². The molecule has 0 saturated carbocycles. The number of ketones is 1. The van der Waals surface area contributed by atoms with Gasteiger partial charge in [0.2, 0.25) is 0 Å². The molecular weight excluding hydrogens is 334 g/mol. The Bertz CT molecular complexity index is 796. The maximum absolute atomic E-state index is 12.2. The van der Waals surface area contributed by atoms with Crippen LogP contribution in [-0.2, 0) is 4.74 Å². The molecule has 0 amide bonds. The molecule has 0 aliphatic rings. The molecular formula is C20H21NO5. The van der Waals surface area contributed by atoms with E-state index in [1.165, 1.54) is 20.3 Å². The first-order valence-corrected chi connectivity index (χ1v) is 8.05. The van der Waals surface area contributed by atoms with Crippen LogP contribution in [0.15, 0.2) is 54.7 Å². The van der Waals surface area contributed by atoms with Crippen LogP contribution in [0, 0.1) is 0 Å². The molecule has 136 valence electrons. The summed E-state index contributed by atoms with van der Waals surface area (Å²) >= 11 is 0. The Hall–Kier alpha value is -3.28. The van der Waals surface area contributed by atoms with Gasteiger partial charge in [-0.15, -0.1) is 0 Å². The monoisotopic (exact) mass is 355 g/mol. The van der Waals surface area contributed by atoms with Crippen LogP contribution in [0.3, 0.4) is 0 Å². The standard InChI is InChI=1S/C20H21NO5/c1-4-26-20(23)14-5-8-16(9-6-14)21-12-11-17(22)15-7-10-18(24-2)19(13-15)25-3/h5-13,21H,4H2,1-3H3/b12-11+. The number of methoxy groups -OCH3 is 2. The molecule has 26 heavy (non-hydrogen) atoms. The highest BCUT2D eigenvalue weighted by molar-refractivity contribution is 6.05. The van der Waals surface area contributed by atoms with Crippen molar-refractivity contribution >= 4 is 17.4 Å². The zero-order valence-electron chi connectivity index (χ0n) is 14.9. The van der Waals surface area contributed by atoms with Crippen LogP contribution in [0.25, 0.3) is 0 Å². The molecule has 0 aliphatic carbocycles. The number of anilines is 1. The van der Waals surface area contributed by atoms with Crippen LogP contribution in [0.4, 0.5) is 5.69 Å². The van der Waals surface area contributed by atoms with Gasteiger partial charge in [0, 0.05) is 23.5 Å². The molecule has 0 atom stereocenters. The minimum atomic E-state index is -0.363. The molecule has 2 aromatic rings. The highest BCUT2D eigenvalue weighted by atomic mass is 16.5. The third kappa shape index (κ3) is 4.86. The maximum Gasteiger partial charge on any atom is 0.338 e. The van der Waals surface area contributed by atoms with Gasteiger partial charge >= 0.3 is 5.97 Å². The molecule has 2 aromatic carbocycles. The van der Waals surface area contributed by atoms with Crippen LogP contribution in [0.1, 0.15) is 27.6 Å². The van der Waals surface area contributed by atoms with Crippen molar-refractivity contribution in [2.75, 3.05) is 26.1 Å². The number of esters is 1. The summed E-state index contributed by atoms with van der Waals surface area (Å²) in [6.45, 7) is 2.09. The summed E-state index contributed by atoms with van der Waals surface area (Å²) in [6.07, 6.45) is 2.96. The van der Waals surface area contributed by atoms with E-state index < -0.39 is 0 Å². The lowest BCUT2D eigenvalue weighted by Crippen LogP contribution is -2.04. The number of carbonyl (C=O) groups is 2. The average Bonchev–Trinajstić information content (AvgIpc) is 2.68. The molecule has 0 fully saturated rings. The van der Waals surface area contributed by atoms with Crippen molar-refractivity contribution in [1.82, 2.24) is 0 Å². The lowest BCUT2D eigenvalue weighted by Gasteiger charge is -2.08. The van der Waals surface area contributed by atoms with Crippen LogP contribution in [0.5, 0.6) is 11.5 Å². The Morgan fingerprint density at radius 2 is 1.62 bits per heavy atom. The Balaban J connectivity index is 1.99. The minimum Gasteiger partial charge on any atom is -0.493 e. The lowest BCUT2D eigenvalue weighted by molar-refractivity contribution is 0.0526. The molecule has 6 nitrogen and oxygen atoms in total. The second-order valence-electron chi connectivity index (χ2n) is 5.21. The van der Waals surface area contributed by atoms with Crippen molar-refractivity contribution in [2.24, 2.45) is 0 Å². The van der Waals surface area contributed by atoms with Gasteiger partial charge in [0.05, 0.1) is 26.4 Å². The van der Waals surface area contributed by atoms with Gasteiger partial charge in [-0.25, -0.2) is 4.79 Å². The number of hydrogen-bond acceptors (Lipinski definition) is 6. The van der Waals surface area contributed by atoms with E-state index in [0.717, 1.165) is 5.69 Å². The first kappa shape index (κ1) is 19.1. The number of allylic oxidation sites excluding steroid dienone is 1. The SMILES string of the molecule is CCOC(=O)c1ccc(N/C=C/C(=O)c2ccc(OC)c(OC)c2)cc1. The van der Waals surface area contributed by atoms with Gasteiger partial charge in [-0.2, -0.15) is 0 Å². The van der Waals surface area contributed by atoms with Crippen LogP contribution in [0.2, 0.25) is 0 Å². The van der Waals surface area contributed by atoms with E-state index >= 15 is 0 Å². The van der Waals surface area contributed by atoms with Gasteiger partial charge < -0.3 is 19.5 Å². The Morgan fingerprint density at radius 1 is 0.962 bits per heavy atom. The Morgan fingerprint density at radius 3 is 2.23 bits per heavy atom. The Kier molecular flexibility index (Phi) is 6.79. The van der Waals surface area contributed by atoms with E-state index in [9.17, 15) is 9.59 Å². The summed E-state index contributed by atoms with van der Waals surface area (Å²) in [7, 11) is 3.06. The largest absolute Gasteiger partial charge is 0.493 e. The van der Waals surface area contributed by atoms with Crippen LogP contribution >= 0.6 is 0 Å². The van der Waals surface area contributed by atoms with E-state index in [-0.39, 0.29) is 11.8 Å². The van der Waals surface area contributed by atoms with Crippen molar-refractivity contribution in [1.29, 1.82) is 0 Å². The van der Waals surface area contributed by atoms with Crippen molar-refractivity contribution in [3.8, 4) is 11.5 Å². The van der Waals surface area contributed by atoms with Crippen molar-refractivity contribution < 1.29 is 23.8 Å². The van der Waals surface area contributed by atoms with E-state index in [1.54, 1.807) is 55.6 Å². The predicted molar refractivity (Wildman–Crippen MR) is 99.0 cm³/mol. The van der Waals surface area contributed by atoms with E-state index in [0.29, 0.717) is 29.2 Å². The van der Waals surface area contributed by atoms with E-state index in [1.807, 2.05) is 0 Å². The average molecular weight is 355 g/mol. The number of ether oxygens (including phenoxy) is 3. The second-order valence-corrected chi connectivity index (χ2v) is 5.21. The Labute approximate surface area is 152 Å². The van der Waals surface area contributed by atoms with Crippen molar-refractivity contribution in [3.63, 3.8) is 0 Å². The summed E-state index contributed by atoms with van der Waals surface area (Å²) in [4.78, 5) is 23.8. The molecule has 0 unspecified atom stereocenters. The molecule has 0 aromatic heterocycles. The predicted octanol–water partition coefficient (Wildman–Crippen LogP) is 3.69. The molecule has 2 rings (SSSR count). The smallest absolute Gasteiger partial charge is 0.338 e. The third-order valence-electron chi connectivity index (χ3n) is 3.55. The zero-order chi connectivity index (χ0) is 18.9. The summed E-state index contributed by atoms with van der Waals surface area (Å²) in [5.41, 5.74) is 1.70. The fraction of sp³-hybridized carbons (Fsp3) is 0.200. The summed E-state index contributed by atoms with van der Waals surface area (Å²) in [5, 5.41) is 2.99. The number of rotatable bonds is 8. The number of hydrogen-bond donors (Lipinski definition) is 1. The third-order valence-corrected chi connectivity index (χ3v) is 3.55. The molecule has 0 radical (unpaired) electrons. The highest BCUT2D eigenvalue weighted by Gasteiger charge is 2.08. The highest BCUT2D eigenvalue weighted by Crippen LogP contribution is 2.27. The quantitative estimate of drug-likeness (QED) is 0.442. The molecule has 0 aliphatic heterocycles. The topological polar surface area (TPSA) is 73.9 Å². The van der Waals surface area contributed by atoms with Gasteiger partial charge in [0.1, 0.15) is 0 Å². The summed E-state index contributed by atoms with van der Waals surface area (Å²) in [6, 6.07) is 11.8. The first-order chi connectivity index (χ1) is 12.6. The van der Waals surface area contributed by atoms with Crippen LogP contribution < -0.4 is 14.8 Å². The van der Waals surface area contributed by atoms with Gasteiger partial charge in [-0.3, -0.25) is 4.79 Å². The molecule has 6 heteroatoms. The minimum absolute atomic E-state index is 0.179.